The minimum atomic E-state index is 0. The Kier molecular flexibility index (Phi) is 8.44. The fourth-order valence-corrected chi connectivity index (χ4v) is 2.58. The van der Waals surface area contributed by atoms with Gasteiger partial charge in [-0.1, -0.05) is 26.0 Å². The smallest absolute Gasteiger partial charge is 0.191 e. The summed E-state index contributed by atoms with van der Waals surface area (Å²) in [6.07, 6.45) is 3.11. The maximum Gasteiger partial charge on any atom is 0.191 e. The fraction of sp³-hybridized carbons (Fsp3) is 0.500. The molecule has 4 nitrogen and oxygen atoms in total. The standard InChI is InChI=1S/C18H28N4.HI/c1-5-19-18(22-11-13(2)3)20-10-9-15-12-21-16-8-6-7-14(4)17(15)16;/h6-8,12-13,21H,5,9-11H2,1-4H3,(H2,19,20,22);1H. The Labute approximate surface area is 156 Å². The van der Waals surface area contributed by atoms with Gasteiger partial charge in [0, 0.05) is 36.7 Å². The third-order valence-electron chi connectivity index (χ3n) is 3.64. The molecule has 0 aliphatic heterocycles. The highest BCUT2D eigenvalue weighted by atomic mass is 127. The highest BCUT2D eigenvalue weighted by Crippen LogP contribution is 2.22. The monoisotopic (exact) mass is 428 g/mol. The Morgan fingerprint density at radius 2 is 2.04 bits per heavy atom. The van der Waals surface area contributed by atoms with E-state index in [0.717, 1.165) is 32.0 Å². The van der Waals surface area contributed by atoms with E-state index >= 15 is 0 Å². The van der Waals surface area contributed by atoms with Crippen molar-refractivity contribution in [1.82, 2.24) is 15.6 Å². The van der Waals surface area contributed by atoms with E-state index in [4.69, 9.17) is 0 Å². The maximum absolute atomic E-state index is 4.60. The van der Waals surface area contributed by atoms with Crippen molar-refractivity contribution in [1.29, 1.82) is 0 Å². The lowest BCUT2D eigenvalue weighted by molar-refractivity contribution is 0.656. The third kappa shape index (κ3) is 5.71. The molecule has 0 saturated heterocycles. The number of benzene rings is 1. The molecule has 128 valence electrons. The largest absolute Gasteiger partial charge is 0.361 e. The quantitative estimate of drug-likeness (QED) is 0.372. The van der Waals surface area contributed by atoms with Crippen molar-refractivity contribution in [2.24, 2.45) is 10.9 Å². The third-order valence-corrected chi connectivity index (χ3v) is 3.64. The normalized spacial score (nSPS) is 11.6. The number of nitrogens with one attached hydrogen (secondary N) is 3. The molecule has 1 heterocycles. The van der Waals surface area contributed by atoms with Gasteiger partial charge in [-0.2, -0.15) is 0 Å². The number of fused-ring (bicyclic) bond motifs is 1. The zero-order valence-electron chi connectivity index (χ0n) is 14.6. The molecule has 2 rings (SSSR count). The van der Waals surface area contributed by atoms with Gasteiger partial charge >= 0.3 is 0 Å². The summed E-state index contributed by atoms with van der Waals surface area (Å²) in [5.74, 6) is 1.49. The average molecular weight is 428 g/mol. The summed E-state index contributed by atoms with van der Waals surface area (Å²) in [7, 11) is 0. The van der Waals surface area contributed by atoms with Crippen molar-refractivity contribution in [2.75, 3.05) is 19.6 Å². The second kappa shape index (κ2) is 9.80. The first-order chi connectivity index (χ1) is 10.6. The molecule has 0 fully saturated rings. The predicted molar refractivity (Wildman–Crippen MR) is 111 cm³/mol. The highest BCUT2D eigenvalue weighted by molar-refractivity contribution is 14.0. The van der Waals surface area contributed by atoms with Crippen molar-refractivity contribution in [2.45, 2.75) is 34.1 Å². The number of H-pyrrole nitrogens is 1. The molecule has 0 saturated carbocycles. The molecule has 0 bridgehead atoms. The van der Waals surface area contributed by atoms with Crippen LogP contribution in [0.4, 0.5) is 0 Å². The van der Waals surface area contributed by atoms with Crippen LogP contribution in [0.2, 0.25) is 0 Å². The number of aryl methyl sites for hydroxylation is 1. The summed E-state index contributed by atoms with van der Waals surface area (Å²) in [5.41, 5.74) is 3.91. The molecule has 23 heavy (non-hydrogen) atoms. The van der Waals surface area contributed by atoms with E-state index in [2.05, 4.69) is 72.7 Å². The van der Waals surface area contributed by atoms with Crippen LogP contribution < -0.4 is 10.6 Å². The summed E-state index contributed by atoms with van der Waals surface area (Å²) in [6, 6.07) is 6.40. The number of halogens is 1. The molecule has 0 unspecified atom stereocenters. The topological polar surface area (TPSA) is 52.2 Å². The van der Waals surface area contributed by atoms with Gasteiger partial charge < -0.3 is 15.6 Å². The van der Waals surface area contributed by atoms with Crippen molar-refractivity contribution < 1.29 is 0 Å². The van der Waals surface area contributed by atoms with Crippen LogP contribution in [0.25, 0.3) is 10.9 Å². The summed E-state index contributed by atoms with van der Waals surface area (Å²) < 4.78 is 0. The molecule has 1 aromatic carbocycles. The molecule has 0 radical (unpaired) electrons. The molecule has 0 atom stereocenters. The van der Waals surface area contributed by atoms with Crippen molar-refractivity contribution in [3.8, 4) is 0 Å². The number of guanidine groups is 1. The fourth-order valence-electron chi connectivity index (χ4n) is 2.58. The lowest BCUT2D eigenvalue weighted by Crippen LogP contribution is -2.38. The molecule has 3 N–H and O–H groups in total. The minimum absolute atomic E-state index is 0. The molecule has 5 heteroatoms. The Morgan fingerprint density at radius 1 is 1.26 bits per heavy atom. The number of hydrogen-bond donors (Lipinski definition) is 3. The highest BCUT2D eigenvalue weighted by Gasteiger charge is 2.06. The summed E-state index contributed by atoms with van der Waals surface area (Å²) in [6.45, 7) is 11.2. The van der Waals surface area contributed by atoms with Crippen molar-refractivity contribution >= 4 is 40.8 Å². The van der Waals surface area contributed by atoms with Crippen LogP contribution in [0.5, 0.6) is 0 Å². The lowest BCUT2D eigenvalue weighted by Gasteiger charge is -2.12. The number of nitrogens with zero attached hydrogens (tertiary/aromatic N) is 1. The van der Waals surface area contributed by atoms with E-state index in [1.165, 1.54) is 22.0 Å². The minimum Gasteiger partial charge on any atom is -0.361 e. The average Bonchev–Trinajstić information content (AvgIpc) is 2.89. The zero-order chi connectivity index (χ0) is 15.9. The first-order valence-corrected chi connectivity index (χ1v) is 8.19. The van der Waals surface area contributed by atoms with Gasteiger partial charge in [0.15, 0.2) is 5.96 Å². The summed E-state index contributed by atoms with van der Waals surface area (Å²) in [5, 5.41) is 8.08. The molecule has 1 aromatic heterocycles. The van der Waals surface area contributed by atoms with Gasteiger partial charge in [0.05, 0.1) is 0 Å². The molecule has 0 spiro atoms. The van der Waals surface area contributed by atoms with E-state index in [1.807, 2.05) is 0 Å². The Morgan fingerprint density at radius 3 is 2.74 bits per heavy atom. The van der Waals surface area contributed by atoms with Crippen molar-refractivity contribution in [3.05, 3.63) is 35.5 Å². The number of rotatable bonds is 6. The number of aliphatic imine (C=N–C) groups is 1. The Bertz CT molecular complexity index is 631. The number of hydrogen-bond acceptors (Lipinski definition) is 1. The second-order valence-corrected chi connectivity index (χ2v) is 6.10. The maximum atomic E-state index is 4.60. The number of aromatic amines is 1. The van der Waals surface area contributed by atoms with E-state index in [1.54, 1.807) is 0 Å². The molecule has 0 amide bonds. The summed E-state index contributed by atoms with van der Waals surface area (Å²) in [4.78, 5) is 7.96. The van der Waals surface area contributed by atoms with Gasteiger partial charge in [0.2, 0.25) is 0 Å². The zero-order valence-corrected chi connectivity index (χ0v) is 16.9. The van der Waals surface area contributed by atoms with Gasteiger partial charge in [0.1, 0.15) is 0 Å². The van der Waals surface area contributed by atoms with Crippen LogP contribution >= 0.6 is 24.0 Å². The van der Waals surface area contributed by atoms with Gasteiger partial charge in [-0.3, -0.25) is 4.99 Å². The van der Waals surface area contributed by atoms with Gasteiger partial charge in [0.25, 0.3) is 0 Å². The van der Waals surface area contributed by atoms with Gasteiger partial charge in [-0.05, 0) is 43.4 Å². The SMILES string of the molecule is CCNC(=NCC(C)C)NCCc1c[nH]c2cccc(C)c12.I. The Balaban J connectivity index is 0.00000264. The van der Waals surface area contributed by atoms with E-state index < -0.39 is 0 Å². The molecule has 0 aliphatic rings. The van der Waals surface area contributed by atoms with E-state index in [0.29, 0.717) is 5.92 Å². The van der Waals surface area contributed by atoms with Crippen LogP contribution in [0.3, 0.4) is 0 Å². The molecule has 0 aliphatic carbocycles. The van der Waals surface area contributed by atoms with Gasteiger partial charge in [-0.25, -0.2) is 0 Å². The Hall–Kier alpha value is -1.24. The predicted octanol–water partition coefficient (Wildman–Crippen LogP) is 3.85. The van der Waals surface area contributed by atoms with Crippen LogP contribution in [-0.2, 0) is 6.42 Å². The first kappa shape index (κ1) is 19.8. The first-order valence-electron chi connectivity index (χ1n) is 8.19. The second-order valence-electron chi connectivity index (χ2n) is 6.10. The van der Waals surface area contributed by atoms with Crippen LogP contribution in [-0.4, -0.2) is 30.6 Å². The van der Waals surface area contributed by atoms with Crippen LogP contribution in [0, 0.1) is 12.8 Å². The number of aromatic nitrogens is 1. The molecular weight excluding hydrogens is 399 g/mol. The van der Waals surface area contributed by atoms with Crippen molar-refractivity contribution in [3.63, 3.8) is 0 Å². The van der Waals surface area contributed by atoms with Gasteiger partial charge in [-0.15, -0.1) is 24.0 Å². The van der Waals surface area contributed by atoms with Crippen LogP contribution in [0.15, 0.2) is 29.4 Å². The molecule has 2 aromatic rings. The lowest BCUT2D eigenvalue weighted by atomic mass is 10.1. The summed E-state index contributed by atoms with van der Waals surface area (Å²) >= 11 is 0. The van der Waals surface area contributed by atoms with E-state index in [-0.39, 0.29) is 24.0 Å². The molecular formula is C18H29IN4. The van der Waals surface area contributed by atoms with Crippen LogP contribution in [0.1, 0.15) is 31.9 Å². The van der Waals surface area contributed by atoms with E-state index in [9.17, 15) is 0 Å².